The Morgan fingerprint density at radius 1 is 0.862 bits per heavy atom. The minimum absolute atomic E-state index is 0.00277. The zero-order chi connectivity index (χ0) is 20.8. The molecule has 29 heavy (non-hydrogen) atoms. The van der Waals surface area contributed by atoms with Gasteiger partial charge >= 0.3 is 0 Å². The largest absolute Gasteiger partial charge is 0.322 e. The molecule has 146 valence electrons. The minimum Gasteiger partial charge on any atom is -0.322 e. The molecule has 0 radical (unpaired) electrons. The molecule has 1 N–H and O–H groups in total. The minimum atomic E-state index is -4.15. The van der Waals surface area contributed by atoms with Crippen molar-refractivity contribution in [3.8, 4) is 0 Å². The lowest BCUT2D eigenvalue weighted by Crippen LogP contribution is -2.29. The summed E-state index contributed by atoms with van der Waals surface area (Å²) in [5.74, 6) is -1.20. The maximum absolute atomic E-state index is 13.0. The molecule has 0 bridgehead atoms. The number of benzene rings is 3. The van der Waals surface area contributed by atoms with Crippen LogP contribution in [0, 0.1) is 0 Å². The van der Waals surface area contributed by atoms with Crippen LogP contribution in [-0.2, 0) is 10.0 Å². The van der Waals surface area contributed by atoms with Crippen molar-refractivity contribution in [2.24, 2.45) is 0 Å². The second-order valence-corrected chi connectivity index (χ2v) is 8.85. The van der Waals surface area contributed by atoms with E-state index < -0.39 is 21.8 Å². The van der Waals surface area contributed by atoms with Gasteiger partial charge in [0.05, 0.1) is 11.3 Å². The van der Waals surface area contributed by atoms with Crippen LogP contribution in [0.5, 0.6) is 0 Å². The van der Waals surface area contributed by atoms with Crippen LogP contribution in [0.15, 0.2) is 71.6 Å². The Morgan fingerprint density at radius 3 is 2.07 bits per heavy atom. The zero-order valence-electron chi connectivity index (χ0n) is 14.6. The predicted octanol–water partition coefficient (Wildman–Crippen LogP) is 4.59. The number of rotatable bonds is 3. The van der Waals surface area contributed by atoms with E-state index in [4.69, 9.17) is 23.2 Å². The van der Waals surface area contributed by atoms with E-state index in [9.17, 15) is 18.0 Å². The van der Waals surface area contributed by atoms with E-state index in [1.165, 1.54) is 42.5 Å². The van der Waals surface area contributed by atoms with Crippen molar-refractivity contribution >= 4 is 56.4 Å². The SMILES string of the molecule is O=C(Nc1ccc(Cl)cc1)c1ccc2c(c1)S(=O)(=O)N(c1ccc(Cl)cc1)C2=O. The lowest BCUT2D eigenvalue weighted by atomic mass is 10.1. The predicted molar refractivity (Wildman–Crippen MR) is 111 cm³/mol. The summed E-state index contributed by atoms with van der Waals surface area (Å²) in [6, 6.07) is 16.3. The molecule has 1 aliphatic heterocycles. The lowest BCUT2D eigenvalue weighted by Gasteiger charge is -2.14. The molecule has 1 aliphatic rings. The highest BCUT2D eigenvalue weighted by Gasteiger charge is 2.42. The zero-order valence-corrected chi connectivity index (χ0v) is 16.9. The van der Waals surface area contributed by atoms with E-state index in [0.29, 0.717) is 20.0 Å². The molecule has 0 saturated heterocycles. The molecule has 0 aromatic heterocycles. The summed E-state index contributed by atoms with van der Waals surface area (Å²) in [7, 11) is -4.15. The highest BCUT2D eigenvalue weighted by atomic mass is 35.5. The van der Waals surface area contributed by atoms with Crippen LogP contribution in [0.2, 0.25) is 10.0 Å². The number of sulfonamides is 1. The number of anilines is 2. The van der Waals surface area contributed by atoms with Crippen LogP contribution in [0.3, 0.4) is 0 Å². The molecule has 0 atom stereocenters. The molecular weight excluding hydrogens is 435 g/mol. The Kier molecular flexibility index (Phi) is 4.82. The van der Waals surface area contributed by atoms with E-state index in [1.54, 1.807) is 24.3 Å². The number of nitrogens with zero attached hydrogens (tertiary/aromatic N) is 1. The molecule has 4 rings (SSSR count). The third-order valence-corrected chi connectivity index (χ3v) is 6.60. The summed E-state index contributed by atoms with van der Waals surface area (Å²) in [5, 5.41) is 3.59. The maximum atomic E-state index is 13.0. The van der Waals surface area contributed by atoms with Gasteiger partial charge in [0.2, 0.25) is 0 Å². The van der Waals surface area contributed by atoms with Gasteiger partial charge in [-0.3, -0.25) is 9.59 Å². The summed E-state index contributed by atoms with van der Waals surface area (Å²) in [4.78, 5) is 25.0. The van der Waals surface area contributed by atoms with Gasteiger partial charge in [0.15, 0.2) is 0 Å². The second-order valence-electron chi connectivity index (χ2n) is 6.22. The van der Waals surface area contributed by atoms with E-state index in [1.807, 2.05) is 0 Å². The first-order valence-corrected chi connectivity index (χ1v) is 10.5. The Bertz CT molecular complexity index is 1240. The molecule has 6 nitrogen and oxygen atoms in total. The molecule has 1 heterocycles. The van der Waals surface area contributed by atoms with Crippen molar-refractivity contribution in [2.45, 2.75) is 4.90 Å². The number of hydrogen-bond acceptors (Lipinski definition) is 4. The van der Waals surface area contributed by atoms with Crippen molar-refractivity contribution in [3.05, 3.63) is 87.9 Å². The molecule has 9 heteroatoms. The van der Waals surface area contributed by atoms with Gasteiger partial charge in [0, 0.05) is 21.3 Å². The highest BCUT2D eigenvalue weighted by Crippen LogP contribution is 2.35. The Labute approximate surface area is 176 Å². The molecular formula is C20H12Cl2N2O4S. The fourth-order valence-corrected chi connectivity index (χ4v) is 4.81. The lowest BCUT2D eigenvalue weighted by molar-refractivity contribution is 0.100. The van der Waals surface area contributed by atoms with E-state index in [0.717, 1.165) is 0 Å². The Hall–Kier alpha value is -2.87. The number of halogens is 2. The number of carbonyl (C=O) groups is 2. The third kappa shape index (κ3) is 3.48. The summed E-state index contributed by atoms with van der Waals surface area (Å²) in [5.41, 5.74) is 0.778. The maximum Gasteiger partial charge on any atom is 0.273 e. The van der Waals surface area contributed by atoms with Gasteiger partial charge in [-0.15, -0.1) is 0 Å². The number of nitrogens with one attached hydrogen (secondary N) is 1. The van der Waals surface area contributed by atoms with Gasteiger partial charge in [-0.25, -0.2) is 8.42 Å². The van der Waals surface area contributed by atoms with Crippen molar-refractivity contribution < 1.29 is 18.0 Å². The summed E-state index contributed by atoms with van der Waals surface area (Å²) >= 11 is 11.7. The topological polar surface area (TPSA) is 83.6 Å². The van der Waals surface area contributed by atoms with Crippen LogP contribution in [0.25, 0.3) is 0 Å². The van der Waals surface area contributed by atoms with E-state index in [2.05, 4.69) is 5.32 Å². The molecule has 2 amide bonds. The van der Waals surface area contributed by atoms with Crippen molar-refractivity contribution in [3.63, 3.8) is 0 Å². The van der Waals surface area contributed by atoms with Gasteiger partial charge in [-0.05, 0) is 66.7 Å². The first-order chi connectivity index (χ1) is 13.8. The summed E-state index contributed by atoms with van der Waals surface area (Å²) < 4.78 is 26.7. The Morgan fingerprint density at radius 2 is 1.45 bits per heavy atom. The van der Waals surface area contributed by atoms with E-state index >= 15 is 0 Å². The highest BCUT2D eigenvalue weighted by molar-refractivity contribution is 7.94. The fraction of sp³-hybridized carbons (Fsp3) is 0. The van der Waals surface area contributed by atoms with Gasteiger partial charge in [0.25, 0.3) is 21.8 Å². The normalized spacial score (nSPS) is 14.6. The van der Waals surface area contributed by atoms with Crippen LogP contribution >= 0.6 is 23.2 Å². The number of fused-ring (bicyclic) bond motifs is 1. The average Bonchev–Trinajstić information content (AvgIpc) is 2.90. The second kappa shape index (κ2) is 7.18. The van der Waals surface area contributed by atoms with Crippen LogP contribution in [-0.4, -0.2) is 20.2 Å². The van der Waals surface area contributed by atoms with Crippen LogP contribution in [0.4, 0.5) is 11.4 Å². The van der Waals surface area contributed by atoms with Crippen molar-refractivity contribution in [2.75, 3.05) is 9.62 Å². The smallest absolute Gasteiger partial charge is 0.273 e. The first kappa shape index (κ1) is 19.4. The summed E-state index contributed by atoms with van der Waals surface area (Å²) in [6.45, 7) is 0. The van der Waals surface area contributed by atoms with E-state index in [-0.39, 0.29) is 21.7 Å². The van der Waals surface area contributed by atoms with Gasteiger partial charge in [0.1, 0.15) is 4.90 Å². The average molecular weight is 447 g/mol. The molecule has 0 fully saturated rings. The van der Waals surface area contributed by atoms with Crippen LogP contribution in [0.1, 0.15) is 20.7 Å². The summed E-state index contributed by atoms with van der Waals surface area (Å²) in [6.07, 6.45) is 0. The van der Waals surface area contributed by atoms with Crippen LogP contribution < -0.4 is 9.62 Å². The standard InChI is InChI=1S/C20H12Cl2N2O4S/c21-13-2-6-15(7-3-13)23-19(25)12-1-10-17-18(11-12)29(27,28)24(20(17)26)16-8-4-14(22)5-9-16/h1-11H,(H,23,25). The van der Waals surface area contributed by atoms with Gasteiger partial charge < -0.3 is 5.32 Å². The number of hydrogen-bond donors (Lipinski definition) is 1. The molecule has 3 aromatic rings. The number of amides is 2. The molecule has 0 spiro atoms. The quantitative estimate of drug-likeness (QED) is 0.637. The van der Waals surface area contributed by atoms with Crippen molar-refractivity contribution in [1.29, 1.82) is 0 Å². The van der Waals surface area contributed by atoms with Gasteiger partial charge in [-0.1, -0.05) is 23.2 Å². The fourth-order valence-electron chi connectivity index (χ4n) is 2.94. The molecule has 0 saturated carbocycles. The first-order valence-electron chi connectivity index (χ1n) is 8.33. The third-order valence-electron chi connectivity index (χ3n) is 4.34. The van der Waals surface area contributed by atoms with Crippen molar-refractivity contribution in [1.82, 2.24) is 0 Å². The number of carbonyl (C=O) groups excluding carboxylic acids is 2. The van der Waals surface area contributed by atoms with Gasteiger partial charge in [-0.2, -0.15) is 4.31 Å². The molecule has 0 unspecified atom stereocenters. The monoisotopic (exact) mass is 446 g/mol. The Balaban J connectivity index is 1.69. The molecule has 3 aromatic carbocycles. The molecule has 0 aliphatic carbocycles.